The van der Waals surface area contributed by atoms with Crippen LogP contribution in [-0.4, -0.2) is 34.5 Å². The summed E-state index contributed by atoms with van der Waals surface area (Å²) in [6, 6.07) is 0. The minimum Gasteiger partial charge on any atom is -0.465 e. The van der Waals surface area contributed by atoms with Crippen molar-refractivity contribution < 1.29 is 14.7 Å². The van der Waals surface area contributed by atoms with Crippen LogP contribution in [0.4, 0.5) is 0 Å². The van der Waals surface area contributed by atoms with Gasteiger partial charge in [-0.2, -0.15) is 0 Å². The molecule has 0 aromatic rings. The van der Waals surface area contributed by atoms with E-state index in [0.717, 1.165) is 18.6 Å². The Morgan fingerprint density at radius 3 is 2.93 bits per heavy atom. The number of carbonyl (C=O) groups is 1. The number of carbonyl (C=O) groups excluding carboxylic acids is 1. The first-order valence-electron chi connectivity index (χ1n) is 5.24. The lowest BCUT2D eigenvalue weighted by molar-refractivity contribution is -0.141. The Balaban J connectivity index is 2.59. The zero-order chi connectivity index (χ0) is 11.3. The van der Waals surface area contributed by atoms with Crippen molar-refractivity contribution in [1.29, 1.82) is 0 Å². The Kier molecular flexibility index (Phi) is 4.94. The summed E-state index contributed by atoms with van der Waals surface area (Å²) in [5.41, 5.74) is 0.573. The molecule has 1 rings (SSSR count). The van der Waals surface area contributed by atoms with Gasteiger partial charge in [0.2, 0.25) is 0 Å². The Morgan fingerprint density at radius 2 is 2.40 bits per heavy atom. The van der Waals surface area contributed by atoms with Gasteiger partial charge in [-0.05, 0) is 12.8 Å². The summed E-state index contributed by atoms with van der Waals surface area (Å²) in [5.74, 6) is 0.770. The Morgan fingerprint density at radius 1 is 1.67 bits per heavy atom. The molecule has 0 aliphatic carbocycles. The third-order valence-corrected chi connectivity index (χ3v) is 3.78. The van der Waals surface area contributed by atoms with Crippen LogP contribution in [0.5, 0.6) is 0 Å². The average Bonchev–Trinajstić information content (AvgIpc) is 2.68. The molecule has 0 radical (unpaired) electrons. The molecule has 1 N–H and O–H groups in total. The average molecular weight is 231 g/mol. The summed E-state index contributed by atoms with van der Waals surface area (Å²) in [6.07, 6.45) is 1.70. The van der Waals surface area contributed by atoms with E-state index >= 15 is 0 Å². The second-order valence-corrected chi connectivity index (χ2v) is 4.65. The number of hydrogen-bond donors (Lipinski definition) is 1. The number of oxime groups is 1. The van der Waals surface area contributed by atoms with Crippen molar-refractivity contribution in [2.75, 3.05) is 12.4 Å². The Labute approximate surface area is 94.1 Å². The van der Waals surface area contributed by atoms with E-state index in [9.17, 15) is 4.79 Å². The number of nitrogens with zero attached hydrogens (tertiary/aromatic N) is 1. The number of ether oxygens (including phenoxy) is 1. The van der Waals surface area contributed by atoms with Gasteiger partial charge < -0.3 is 9.94 Å². The first-order chi connectivity index (χ1) is 7.24. The first kappa shape index (κ1) is 12.4. The van der Waals surface area contributed by atoms with Crippen molar-refractivity contribution in [3.63, 3.8) is 0 Å². The van der Waals surface area contributed by atoms with Crippen LogP contribution < -0.4 is 0 Å². The molecule has 1 saturated heterocycles. The standard InChI is InChI=1S/C10H17NO3S/c1-3-5-14-10(12)9-8(11-13)7(4-2)6-15-9/h7,9,13H,3-6H2,1-2H3. The smallest absolute Gasteiger partial charge is 0.325 e. The van der Waals surface area contributed by atoms with Gasteiger partial charge in [-0.3, -0.25) is 4.79 Å². The van der Waals surface area contributed by atoms with Gasteiger partial charge in [0.25, 0.3) is 0 Å². The minimum atomic E-state index is -0.397. The van der Waals surface area contributed by atoms with Crippen molar-refractivity contribution in [2.24, 2.45) is 11.1 Å². The van der Waals surface area contributed by atoms with Crippen LogP contribution in [0.2, 0.25) is 0 Å². The van der Waals surface area contributed by atoms with Crippen LogP contribution in [-0.2, 0) is 9.53 Å². The highest BCUT2D eigenvalue weighted by atomic mass is 32.2. The van der Waals surface area contributed by atoms with Gasteiger partial charge in [0.1, 0.15) is 5.25 Å². The normalized spacial score (nSPS) is 28.3. The highest BCUT2D eigenvalue weighted by molar-refractivity contribution is 8.01. The van der Waals surface area contributed by atoms with Crippen LogP contribution in [0.15, 0.2) is 5.16 Å². The topological polar surface area (TPSA) is 58.9 Å². The van der Waals surface area contributed by atoms with E-state index in [0.29, 0.717) is 12.3 Å². The fourth-order valence-electron chi connectivity index (χ4n) is 1.53. The predicted octanol–water partition coefficient (Wildman–Crippen LogP) is 1.91. The molecular formula is C10H17NO3S. The molecule has 2 atom stereocenters. The van der Waals surface area contributed by atoms with E-state index in [1.165, 1.54) is 11.8 Å². The molecule has 1 fully saturated rings. The Hall–Kier alpha value is -0.710. The van der Waals surface area contributed by atoms with Crippen LogP contribution in [0.25, 0.3) is 0 Å². The lowest BCUT2D eigenvalue weighted by Crippen LogP contribution is -2.28. The third kappa shape index (κ3) is 2.87. The zero-order valence-corrected chi connectivity index (χ0v) is 9.92. The molecule has 86 valence electrons. The molecule has 0 saturated carbocycles. The molecule has 0 aromatic heterocycles. The Bertz CT molecular complexity index is 255. The van der Waals surface area contributed by atoms with Crippen LogP contribution in [0, 0.1) is 5.92 Å². The quantitative estimate of drug-likeness (QED) is 0.456. The maximum absolute atomic E-state index is 11.6. The summed E-state index contributed by atoms with van der Waals surface area (Å²) in [4.78, 5) is 11.6. The van der Waals surface area contributed by atoms with Crippen molar-refractivity contribution in [3.05, 3.63) is 0 Å². The van der Waals surface area contributed by atoms with Gasteiger partial charge in [0, 0.05) is 11.7 Å². The third-order valence-electron chi connectivity index (χ3n) is 2.42. The van der Waals surface area contributed by atoms with Crippen molar-refractivity contribution in [1.82, 2.24) is 0 Å². The van der Waals surface area contributed by atoms with E-state index in [4.69, 9.17) is 9.94 Å². The molecule has 0 amide bonds. The van der Waals surface area contributed by atoms with Crippen molar-refractivity contribution >= 4 is 23.4 Å². The molecule has 1 aliphatic rings. The largest absolute Gasteiger partial charge is 0.465 e. The predicted molar refractivity (Wildman–Crippen MR) is 60.5 cm³/mol. The van der Waals surface area contributed by atoms with Gasteiger partial charge in [-0.15, -0.1) is 11.8 Å². The molecular weight excluding hydrogens is 214 g/mol. The van der Waals surface area contributed by atoms with Crippen LogP contribution in [0.1, 0.15) is 26.7 Å². The maximum Gasteiger partial charge on any atom is 0.325 e. The van der Waals surface area contributed by atoms with Crippen molar-refractivity contribution in [2.45, 2.75) is 31.9 Å². The summed E-state index contributed by atoms with van der Waals surface area (Å²) in [5, 5.41) is 11.7. The molecule has 2 unspecified atom stereocenters. The second-order valence-electron chi connectivity index (χ2n) is 3.51. The van der Waals surface area contributed by atoms with E-state index in [1.807, 2.05) is 13.8 Å². The highest BCUT2D eigenvalue weighted by Crippen LogP contribution is 2.31. The molecule has 1 heterocycles. The number of rotatable bonds is 4. The van der Waals surface area contributed by atoms with E-state index in [1.54, 1.807) is 0 Å². The molecule has 1 aliphatic heterocycles. The molecule has 0 bridgehead atoms. The number of esters is 1. The van der Waals surface area contributed by atoms with Gasteiger partial charge in [0.15, 0.2) is 0 Å². The number of hydrogen-bond acceptors (Lipinski definition) is 5. The molecule has 0 spiro atoms. The summed E-state index contributed by atoms with van der Waals surface area (Å²) in [7, 11) is 0. The van der Waals surface area contributed by atoms with Crippen LogP contribution in [0.3, 0.4) is 0 Å². The minimum absolute atomic E-state index is 0.208. The molecule has 5 heteroatoms. The lowest BCUT2D eigenvalue weighted by Gasteiger charge is -2.10. The zero-order valence-electron chi connectivity index (χ0n) is 9.10. The van der Waals surface area contributed by atoms with Gasteiger partial charge in [0.05, 0.1) is 12.3 Å². The molecule has 15 heavy (non-hydrogen) atoms. The van der Waals surface area contributed by atoms with Gasteiger partial charge >= 0.3 is 5.97 Å². The van der Waals surface area contributed by atoms with Gasteiger partial charge in [-0.25, -0.2) is 0 Å². The maximum atomic E-state index is 11.6. The van der Waals surface area contributed by atoms with Crippen LogP contribution >= 0.6 is 11.8 Å². The lowest BCUT2D eigenvalue weighted by atomic mass is 10.0. The van der Waals surface area contributed by atoms with E-state index in [2.05, 4.69) is 5.16 Å². The molecule has 4 nitrogen and oxygen atoms in total. The van der Waals surface area contributed by atoms with Gasteiger partial charge in [-0.1, -0.05) is 19.0 Å². The highest BCUT2D eigenvalue weighted by Gasteiger charge is 2.38. The SMILES string of the molecule is CCCOC(=O)C1SCC(CC)C1=NO. The van der Waals surface area contributed by atoms with E-state index < -0.39 is 5.25 Å². The monoisotopic (exact) mass is 231 g/mol. The second kappa shape index (κ2) is 6.00. The van der Waals surface area contributed by atoms with E-state index in [-0.39, 0.29) is 11.9 Å². The fraction of sp³-hybridized carbons (Fsp3) is 0.800. The fourth-order valence-corrected chi connectivity index (χ4v) is 2.97. The first-order valence-corrected chi connectivity index (χ1v) is 6.29. The summed E-state index contributed by atoms with van der Waals surface area (Å²) >= 11 is 1.50. The summed E-state index contributed by atoms with van der Waals surface area (Å²) in [6.45, 7) is 4.41. The van der Waals surface area contributed by atoms with Crippen molar-refractivity contribution in [3.8, 4) is 0 Å². The number of thioether (sulfide) groups is 1. The molecule has 0 aromatic carbocycles. The summed E-state index contributed by atoms with van der Waals surface area (Å²) < 4.78 is 5.05.